The number of aryl methyl sites for hydroxylation is 2. The molecule has 148 valence electrons. The number of fused-ring (bicyclic) bond motifs is 1. The fourth-order valence-electron chi connectivity index (χ4n) is 3.71. The number of carbonyl (C=O) groups excluding carboxylic acids is 2. The van der Waals surface area contributed by atoms with Crippen molar-refractivity contribution in [3.8, 4) is 0 Å². The molecule has 5 heteroatoms. The molecule has 1 heterocycles. The van der Waals surface area contributed by atoms with E-state index in [0.29, 0.717) is 6.54 Å². The van der Waals surface area contributed by atoms with E-state index in [1.807, 2.05) is 59.2 Å². The van der Waals surface area contributed by atoms with Crippen molar-refractivity contribution in [2.24, 2.45) is 0 Å². The highest BCUT2D eigenvalue weighted by atomic mass is 16.2. The molecule has 2 aromatic rings. The Morgan fingerprint density at radius 3 is 2.61 bits per heavy atom. The molecule has 3 rings (SSSR count). The Balaban J connectivity index is 1.64. The Bertz CT molecular complexity index is 834. The molecule has 28 heavy (non-hydrogen) atoms. The Kier molecular flexibility index (Phi) is 6.82. The SMILES string of the molecule is CCCN(CC(=O)Nc1ccccc1C)CC(=O)N1CCCc2ccccc21. The van der Waals surface area contributed by atoms with Gasteiger partial charge in [0.05, 0.1) is 13.1 Å². The van der Waals surface area contributed by atoms with E-state index >= 15 is 0 Å². The number of carbonyl (C=O) groups is 2. The first-order valence-electron chi connectivity index (χ1n) is 10.0. The molecule has 0 spiro atoms. The minimum Gasteiger partial charge on any atom is -0.325 e. The van der Waals surface area contributed by atoms with E-state index in [0.717, 1.165) is 42.7 Å². The van der Waals surface area contributed by atoms with Crippen molar-refractivity contribution in [3.05, 3.63) is 59.7 Å². The second-order valence-electron chi connectivity index (χ2n) is 7.35. The van der Waals surface area contributed by atoms with Crippen molar-refractivity contribution < 1.29 is 9.59 Å². The van der Waals surface area contributed by atoms with Crippen LogP contribution in [0, 0.1) is 6.92 Å². The van der Waals surface area contributed by atoms with E-state index in [1.165, 1.54) is 5.56 Å². The molecule has 1 aliphatic rings. The van der Waals surface area contributed by atoms with Crippen molar-refractivity contribution >= 4 is 23.2 Å². The van der Waals surface area contributed by atoms with E-state index in [2.05, 4.69) is 18.3 Å². The van der Waals surface area contributed by atoms with Crippen molar-refractivity contribution in [2.45, 2.75) is 33.1 Å². The summed E-state index contributed by atoms with van der Waals surface area (Å²) in [5.41, 5.74) is 4.08. The van der Waals surface area contributed by atoms with Crippen molar-refractivity contribution in [1.29, 1.82) is 0 Å². The Morgan fingerprint density at radius 1 is 1.07 bits per heavy atom. The standard InChI is InChI=1S/C23H29N3O2/c1-3-14-25(16-22(27)24-20-12-6-4-9-18(20)2)17-23(28)26-15-8-11-19-10-5-7-13-21(19)26/h4-7,9-10,12-13H,3,8,11,14-17H2,1-2H3,(H,24,27). The largest absolute Gasteiger partial charge is 0.325 e. The average Bonchev–Trinajstić information content (AvgIpc) is 2.69. The molecule has 0 saturated carbocycles. The van der Waals surface area contributed by atoms with E-state index in [1.54, 1.807) is 0 Å². The lowest BCUT2D eigenvalue weighted by atomic mass is 10.0. The fourth-order valence-corrected chi connectivity index (χ4v) is 3.71. The number of anilines is 2. The van der Waals surface area contributed by atoms with Crippen LogP contribution in [0.5, 0.6) is 0 Å². The number of hydrogen-bond donors (Lipinski definition) is 1. The maximum atomic E-state index is 13.0. The van der Waals surface area contributed by atoms with E-state index in [-0.39, 0.29) is 24.9 Å². The zero-order valence-electron chi connectivity index (χ0n) is 16.8. The van der Waals surface area contributed by atoms with Gasteiger partial charge < -0.3 is 10.2 Å². The summed E-state index contributed by atoms with van der Waals surface area (Å²) in [6, 6.07) is 15.8. The zero-order valence-corrected chi connectivity index (χ0v) is 16.8. The summed E-state index contributed by atoms with van der Waals surface area (Å²) < 4.78 is 0. The van der Waals surface area contributed by atoms with Gasteiger partial charge in [-0.15, -0.1) is 0 Å². The van der Waals surface area contributed by atoms with Crippen LogP contribution in [0.25, 0.3) is 0 Å². The molecule has 0 aliphatic carbocycles. The van der Waals surface area contributed by atoms with E-state index in [4.69, 9.17) is 0 Å². The van der Waals surface area contributed by atoms with Gasteiger partial charge in [-0.25, -0.2) is 0 Å². The number of benzene rings is 2. The quantitative estimate of drug-likeness (QED) is 0.799. The summed E-state index contributed by atoms with van der Waals surface area (Å²) in [5.74, 6) is -0.0288. The molecule has 0 fully saturated rings. The summed E-state index contributed by atoms with van der Waals surface area (Å²) in [6.07, 6.45) is 2.88. The number of para-hydroxylation sites is 2. The van der Waals surface area contributed by atoms with Gasteiger partial charge in [0.15, 0.2) is 0 Å². The van der Waals surface area contributed by atoms with Crippen molar-refractivity contribution in [1.82, 2.24) is 4.90 Å². The molecule has 2 amide bonds. The zero-order chi connectivity index (χ0) is 19.9. The molecule has 0 aromatic heterocycles. The molecular formula is C23H29N3O2. The van der Waals surface area contributed by atoms with E-state index < -0.39 is 0 Å². The molecule has 2 aromatic carbocycles. The highest BCUT2D eigenvalue weighted by molar-refractivity contribution is 5.97. The van der Waals surface area contributed by atoms with Gasteiger partial charge in [-0.3, -0.25) is 14.5 Å². The average molecular weight is 380 g/mol. The first kappa shape index (κ1) is 20.1. The monoisotopic (exact) mass is 379 g/mol. The van der Waals surface area contributed by atoms with Crippen LogP contribution in [0.4, 0.5) is 11.4 Å². The van der Waals surface area contributed by atoms with E-state index in [9.17, 15) is 9.59 Å². The number of amides is 2. The van der Waals surface area contributed by atoms with Crippen LogP contribution >= 0.6 is 0 Å². The number of nitrogens with one attached hydrogen (secondary N) is 1. The lowest BCUT2D eigenvalue weighted by Gasteiger charge is -2.31. The van der Waals surface area contributed by atoms with Gasteiger partial charge in [-0.05, 0) is 56.0 Å². The Labute approximate surface area is 167 Å². The van der Waals surface area contributed by atoms with Gasteiger partial charge in [-0.1, -0.05) is 43.3 Å². The van der Waals surface area contributed by atoms with Gasteiger partial charge in [0.2, 0.25) is 11.8 Å². The number of nitrogens with zero attached hydrogens (tertiary/aromatic N) is 2. The minimum absolute atomic E-state index is 0.0595. The lowest BCUT2D eigenvalue weighted by Crippen LogP contribution is -2.45. The lowest BCUT2D eigenvalue weighted by molar-refractivity contribution is -0.121. The maximum Gasteiger partial charge on any atom is 0.241 e. The molecule has 0 radical (unpaired) electrons. The summed E-state index contributed by atoms with van der Waals surface area (Å²) >= 11 is 0. The molecule has 1 aliphatic heterocycles. The molecule has 0 saturated heterocycles. The van der Waals surface area contributed by atoms with Crippen LogP contribution in [0.1, 0.15) is 30.9 Å². The number of hydrogen-bond acceptors (Lipinski definition) is 3. The minimum atomic E-state index is -0.0883. The van der Waals surface area contributed by atoms with Crippen molar-refractivity contribution in [2.75, 3.05) is 36.4 Å². The molecule has 0 bridgehead atoms. The Morgan fingerprint density at radius 2 is 1.82 bits per heavy atom. The van der Waals surface area contributed by atoms with Gasteiger partial charge in [0, 0.05) is 17.9 Å². The number of rotatable bonds is 7. The summed E-state index contributed by atoms with van der Waals surface area (Å²) in [5, 5.41) is 2.96. The van der Waals surface area contributed by atoms with Crippen LogP contribution in [0.15, 0.2) is 48.5 Å². The second-order valence-corrected chi connectivity index (χ2v) is 7.35. The molecule has 0 unspecified atom stereocenters. The first-order valence-corrected chi connectivity index (χ1v) is 10.0. The Hall–Kier alpha value is -2.66. The molecular weight excluding hydrogens is 350 g/mol. The molecule has 5 nitrogen and oxygen atoms in total. The molecule has 0 atom stereocenters. The maximum absolute atomic E-state index is 13.0. The normalized spacial score (nSPS) is 13.3. The van der Waals surface area contributed by atoms with Crippen LogP contribution in [0.2, 0.25) is 0 Å². The summed E-state index contributed by atoms with van der Waals surface area (Å²) in [6.45, 7) is 5.95. The van der Waals surface area contributed by atoms with Gasteiger partial charge in [-0.2, -0.15) is 0 Å². The van der Waals surface area contributed by atoms with Crippen LogP contribution in [-0.4, -0.2) is 42.9 Å². The predicted octanol–water partition coefficient (Wildman–Crippen LogP) is 3.62. The van der Waals surface area contributed by atoms with Crippen LogP contribution < -0.4 is 10.2 Å². The summed E-state index contributed by atoms with van der Waals surface area (Å²) in [7, 11) is 0. The fraction of sp³-hybridized carbons (Fsp3) is 0.391. The second kappa shape index (κ2) is 9.51. The van der Waals surface area contributed by atoms with Gasteiger partial charge in [0.25, 0.3) is 0 Å². The van der Waals surface area contributed by atoms with Crippen LogP contribution in [0.3, 0.4) is 0 Å². The van der Waals surface area contributed by atoms with Crippen LogP contribution in [-0.2, 0) is 16.0 Å². The smallest absolute Gasteiger partial charge is 0.241 e. The third-order valence-electron chi connectivity index (χ3n) is 5.10. The highest BCUT2D eigenvalue weighted by Crippen LogP contribution is 2.26. The van der Waals surface area contributed by atoms with Gasteiger partial charge >= 0.3 is 0 Å². The molecule has 1 N–H and O–H groups in total. The third-order valence-corrected chi connectivity index (χ3v) is 5.10. The predicted molar refractivity (Wildman–Crippen MR) is 114 cm³/mol. The van der Waals surface area contributed by atoms with Gasteiger partial charge in [0.1, 0.15) is 0 Å². The first-order chi connectivity index (χ1) is 13.6. The topological polar surface area (TPSA) is 52.7 Å². The van der Waals surface area contributed by atoms with Crippen molar-refractivity contribution in [3.63, 3.8) is 0 Å². The highest BCUT2D eigenvalue weighted by Gasteiger charge is 2.24. The third kappa shape index (κ3) is 4.98. The summed E-state index contributed by atoms with van der Waals surface area (Å²) in [4.78, 5) is 29.3.